The van der Waals surface area contributed by atoms with E-state index in [0.29, 0.717) is 23.6 Å². The molecule has 36 heavy (non-hydrogen) atoms. The summed E-state index contributed by atoms with van der Waals surface area (Å²) < 4.78 is 8.17. The van der Waals surface area contributed by atoms with Gasteiger partial charge in [0.1, 0.15) is 0 Å². The lowest BCUT2D eigenvalue weighted by molar-refractivity contribution is -0.143. The summed E-state index contributed by atoms with van der Waals surface area (Å²) in [6.45, 7) is 11.8. The van der Waals surface area contributed by atoms with Gasteiger partial charge in [-0.2, -0.15) is 5.10 Å². The van der Waals surface area contributed by atoms with Crippen molar-refractivity contribution in [1.82, 2.24) is 24.9 Å². The molecule has 8 nitrogen and oxygen atoms in total. The molecule has 3 aliphatic rings. The van der Waals surface area contributed by atoms with E-state index in [1.54, 1.807) is 0 Å². The van der Waals surface area contributed by atoms with E-state index in [4.69, 9.17) is 9.52 Å². The summed E-state index contributed by atoms with van der Waals surface area (Å²) in [5.74, 6) is 1.06. The van der Waals surface area contributed by atoms with Gasteiger partial charge in [-0.15, -0.1) is 10.2 Å². The SMILES string of the molecule is CC1=CC(c2nnc(-c3nn(C)c4c3CCC(C)(C)C4)o2)=CC(C)C1CCN1CCC(C(=O)O)CC1. The fraction of sp³-hybridized carbons (Fsp3) is 0.643. The Hall–Kier alpha value is -2.74. The average Bonchev–Trinajstić information content (AvgIpc) is 3.43. The van der Waals surface area contributed by atoms with Gasteiger partial charge in [0.2, 0.25) is 5.89 Å². The van der Waals surface area contributed by atoms with Crippen LogP contribution >= 0.6 is 0 Å². The molecule has 0 spiro atoms. The van der Waals surface area contributed by atoms with Gasteiger partial charge >= 0.3 is 5.97 Å². The van der Waals surface area contributed by atoms with E-state index in [1.807, 2.05) is 11.7 Å². The number of allylic oxidation sites excluding steroid dienone is 4. The Kier molecular flexibility index (Phi) is 6.66. The van der Waals surface area contributed by atoms with Crippen LogP contribution in [0.3, 0.4) is 0 Å². The van der Waals surface area contributed by atoms with Gasteiger partial charge in [-0.05, 0) is 82.3 Å². The van der Waals surface area contributed by atoms with E-state index >= 15 is 0 Å². The van der Waals surface area contributed by atoms with Crippen LogP contribution in [0.25, 0.3) is 17.2 Å². The van der Waals surface area contributed by atoms with Crippen molar-refractivity contribution in [3.05, 3.63) is 34.9 Å². The van der Waals surface area contributed by atoms with Crippen molar-refractivity contribution in [1.29, 1.82) is 0 Å². The Bertz CT molecular complexity index is 1200. The lowest BCUT2D eigenvalue weighted by Crippen LogP contribution is -2.37. The number of carbonyl (C=O) groups is 1. The molecule has 8 heteroatoms. The molecule has 0 bridgehead atoms. The predicted molar refractivity (Wildman–Crippen MR) is 138 cm³/mol. The number of piperidine rings is 1. The zero-order valence-electron chi connectivity index (χ0n) is 22.3. The van der Waals surface area contributed by atoms with Crippen LogP contribution in [0.1, 0.15) is 70.5 Å². The summed E-state index contributed by atoms with van der Waals surface area (Å²) in [6.07, 6.45) is 10.1. The molecule has 2 unspecified atom stereocenters. The van der Waals surface area contributed by atoms with Gasteiger partial charge in [-0.3, -0.25) is 9.48 Å². The molecule has 2 aliphatic carbocycles. The number of fused-ring (bicyclic) bond motifs is 1. The Morgan fingerprint density at radius 3 is 2.64 bits per heavy atom. The molecular weight excluding hydrogens is 454 g/mol. The summed E-state index contributed by atoms with van der Waals surface area (Å²) >= 11 is 0. The van der Waals surface area contributed by atoms with Gasteiger partial charge in [0.05, 0.1) is 5.92 Å². The highest BCUT2D eigenvalue weighted by molar-refractivity contribution is 5.72. The van der Waals surface area contributed by atoms with E-state index in [2.05, 4.69) is 54.9 Å². The van der Waals surface area contributed by atoms with Gasteiger partial charge in [0.25, 0.3) is 5.89 Å². The molecule has 1 N–H and O–H groups in total. The third-order valence-corrected chi connectivity index (χ3v) is 8.59. The Morgan fingerprint density at radius 1 is 1.22 bits per heavy atom. The minimum atomic E-state index is -0.650. The first kappa shape index (κ1) is 24.9. The minimum absolute atomic E-state index is 0.176. The molecule has 3 heterocycles. The summed E-state index contributed by atoms with van der Waals surface area (Å²) in [5.41, 5.74) is 5.96. The van der Waals surface area contributed by atoms with E-state index in [9.17, 15) is 9.90 Å². The molecule has 0 radical (unpaired) electrons. The number of likely N-dealkylation sites (tertiary alicyclic amines) is 1. The second kappa shape index (κ2) is 9.61. The smallest absolute Gasteiger partial charge is 0.306 e. The number of nitrogens with zero attached hydrogens (tertiary/aromatic N) is 5. The molecule has 0 aromatic carbocycles. The maximum absolute atomic E-state index is 11.2. The Morgan fingerprint density at radius 2 is 1.94 bits per heavy atom. The third-order valence-electron chi connectivity index (χ3n) is 8.59. The number of carboxylic acid groups (broad SMARTS) is 1. The summed E-state index contributed by atoms with van der Waals surface area (Å²) in [4.78, 5) is 13.6. The first-order valence-corrected chi connectivity index (χ1v) is 13.4. The van der Waals surface area contributed by atoms with E-state index < -0.39 is 5.97 Å². The van der Waals surface area contributed by atoms with Crippen LogP contribution < -0.4 is 0 Å². The summed E-state index contributed by atoms with van der Waals surface area (Å²) in [5, 5.41) is 22.8. The normalized spacial score (nSPS) is 24.8. The molecule has 194 valence electrons. The van der Waals surface area contributed by atoms with Crippen molar-refractivity contribution in [3.8, 4) is 11.6 Å². The highest BCUT2D eigenvalue weighted by Gasteiger charge is 2.33. The van der Waals surface area contributed by atoms with Gasteiger partial charge in [0.15, 0.2) is 5.69 Å². The van der Waals surface area contributed by atoms with Crippen molar-refractivity contribution >= 4 is 11.5 Å². The van der Waals surface area contributed by atoms with Crippen molar-refractivity contribution in [2.24, 2.45) is 30.2 Å². The van der Waals surface area contributed by atoms with Crippen molar-refractivity contribution in [3.63, 3.8) is 0 Å². The number of hydrogen-bond donors (Lipinski definition) is 1. The first-order valence-electron chi connectivity index (χ1n) is 13.4. The predicted octanol–water partition coefficient (Wildman–Crippen LogP) is 4.77. The molecule has 0 amide bonds. The fourth-order valence-corrected chi connectivity index (χ4v) is 6.26. The molecular formula is C28H39N5O3. The fourth-order valence-electron chi connectivity index (χ4n) is 6.26. The van der Waals surface area contributed by atoms with Crippen molar-refractivity contribution < 1.29 is 14.3 Å². The van der Waals surface area contributed by atoms with E-state index in [0.717, 1.165) is 69.4 Å². The van der Waals surface area contributed by atoms with Gasteiger partial charge in [0, 0.05) is 23.9 Å². The van der Waals surface area contributed by atoms with E-state index in [1.165, 1.54) is 16.8 Å². The van der Waals surface area contributed by atoms with Crippen molar-refractivity contribution in [2.45, 2.75) is 66.2 Å². The number of hydrogen-bond acceptors (Lipinski definition) is 6. The molecule has 2 atom stereocenters. The maximum Gasteiger partial charge on any atom is 0.306 e. The largest absolute Gasteiger partial charge is 0.481 e. The maximum atomic E-state index is 11.2. The quantitative estimate of drug-likeness (QED) is 0.619. The standard InChI is InChI=1S/C28H39N5O3/c1-17-14-20(15-18(2)21(17)9-13-33-11-7-19(8-12-33)27(34)35)25-29-30-26(36-25)24-22-6-10-28(3,4)16-23(22)32(5)31-24/h14-15,17,19,21H,6-13,16H2,1-5H3,(H,34,35). The second-order valence-corrected chi connectivity index (χ2v) is 11.9. The lowest BCUT2D eigenvalue weighted by atomic mass is 9.76. The molecule has 2 aromatic rings. The van der Waals surface area contributed by atoms with Crippen LogP contribution in [0.5, 0.6) is 0 Å². The van der Waals surface area contributed by atoms with Crippen LogP contribution in [-0.4, -0.2) is 55.6 Å². The lowest BCUT2D eigenvalue weighted by Gasteiger charge is -2.33. The van der Waals surface area contributed by atoms with Crippen LogP contribution in [0.2, 0.25) is 0 Å². The van der Waals surface area contributed by atoms with Crippen LogP contribution in [0.4, 0.5) is 0 Å². The number of rotatable bonds is 6. The van der Waals surface area contributed by atoms with Crippen LogP contribution in [0.15, 0.2) is 22.1 Å². The van der Waals surface area contributed by atoms with Gasteiger partial charge < -0.3 is 14.4 Å². The molecule has 1 saturated heterocycles. The van der Waals surface area contributed by atoms with Crippen LogP contribution in [-0.2, 0) is 24.7 Å². The van der Waals surface area contributed by atoms with Crippen molar-refractivity contribution in [2.75, 3.05) is 19.6 Å². The van der Waals surface area contributed by atoms with E-state index in [-0.39, 0.29) is 11.3 Å². The monoisotopic (exact) mass is 493 g/mol. The molecule has 1 fully saturated rings. The average molecular weight is 494 g/mol. The highest BCUT2D eigenvalue weighted by atomic mass is 16.4. The number of aliphatic carboxylic acids is 1. The first-order chi connectivity index (χ1) is 17.1. The third kappa shape index (κ3) is 4.92. The Balaban J connectivity index is 1.25. The topological polar surface area (TPSA) is 97.3 Å². The number of carboxylic acids is 1. The zero-order valence-corrected chi connectivity index (χ0v) is 22.3. The molecule has 1 aliphatic heterocycles. The number of aryl methyl sites for hydroxylation is 1. The summed E-state index contributed by atoms with van der Waals surface area (Å²) in [6, 6.07) is 0. The highest BCUT2D eigenvalue weighted by Crippen LogP contribution is 2.39. The minimum Gasteiger partial charge on any atom is -0.481 e. The molecule has 2 aromatic heterocycles. The van der Waals surface area contributed by atoms with Gasteiger partial charge in [-0.1, -0.05) is 38.5 Å². The van der Waals surface area contributed by atoms with Crippen LogP contribution in [0, 0.1) is 23.2 Å². The van der Waals surface area contributed by atoms with Gasteiger partial charge in [-0.25, -0.2) is 0 Å². The second-order valence-electron chi connectivity index (χ2n) is 11.9. The zero-order chi connectivity index (χ0) is 25.6. The molecule has 5 rings (SSSR count). The summed E-state index contributed by atoms with van der Waals surface area (Å²) in [7, 11) is 2.01. The Labute approximate surface area is 213 Å². The molecule has 0 saturated carbocycles. The number of aromatic nitrogens is 4.